The van der Waals surface area contributed by atoms with E-state index in [2.05, 4.69) is 29.8 Å². The van der Waals surface area contributed by atoms with E-state index in [0.717, 1.165) is 23.7 Å². The van der Waals surface area contributed by atoms with E-state index in [9.17, 15) is 4.79 Å². The molecule has 3 nitrogen and oxygen atoms in total. The summed E-state index contributed by atoms with van der Waals surface area (Å²) < 4.78 is 5.13. The maximum Gasteiger partial charge on any atom is 0.254 e. The first-order valence-corrected chi connectivity index (χ1v) is 8.24. The fraction of sp³-hybridized carbons (Fsp3) is 0.562. The molecule has 0 saturated heterocycles. The molecule has 0 heterocycles. The van der Waals surface area contributed by atoms with E-state index in [0.29, 0.717) is 13.2 Å². The second kappa shape index (κ2) is 9.14. The number of hydrogen-bond acceptors (Lipinski definition) is 2. The van der Waals surface area contributed by atoms with Gasteiger partial charge in [-0.1, -0.05) is 41.9 Å². The number of ether oxygens (including phenoxy) is 1. The maximum atomic E-state index is 12.7. The van der Waals surface area contributed by atoms with Gasteiger partial charge in [0.05, 0.1) is 6.61 Å². The Labute approximate surface area is 130 Å². The molecule has 1 aromatic rings. The molecule has 0 saturated carbocycles. The van der Waals surface area contributed by atoms with Gasteiger partial charge in [0.15, 0.2) is 0 Å². The Morgan fingerprint density at radius 1 is 1.25 bits per heavy atom. The zero-order valence-electron chi connectivity index (χ0n) is 12.6. The summed E-state index contributed by atoms with van der Waals surface area (Å²) >= 11 is 3.42. The maximum absolute atomic E-state index is 12.7. The normalized spacial score (nSPS) is 10.8. The van der Waals surface area contributed by atoms with Gasteiger partial charge in [0.1, 0.15) is 0 Å². The summed E-state index contributed by atoms with van der Waals surface area (Å²) in [4.78, 5) is 14.6. The van der Waals surface area contributed by atoms with Crippen LogP contribution in [0.25, 0.3) is 0 Å². The first kappa shape index (κ1) is 17.2. The molecule has 0 aromatic heterocycles. The van der Waals surface area contributed by atoms with Crippen molar-refractivity contribution in [3.63, 3.8) is 0 Å². The van der Waals surface area contributed by atoms with E-state index >= 15 is 0 Å². The van der Waals surface area contributed by atoms with Gasteiger partial charge in [-0.3, -0.25) is 4.79 Å². The number of rotatable bonds is 8. The Balaban J connectivity index is 2.89. The third kappa shape index (κ3) is 4.60. The number of nitrogens with zero attached hydrogens (tertiary/aromatic N) is 1. The van der Waals surface area contributed by atoms with Gasteiger partial charge in [-0.15, -0.1) is 0 Å². The molecule has 0 bridgehead atoms. The lowest BCUT2D eigenvalue weighted by atomic mass is 10.1. The minimum Gasteiger partial charge on any atom is -0.383 e. The summed E-state index contributed by atoms with van der Waals surface area (Å²) in [5, 5.41) is 0.807. The highest BCUT2D eigenvalue weighted by Gasteiger charge is 2.21. The molecule has 0 aliphatic carbocycles. The predicted octanol–water partition coefficient (Wildman–Crippen LogP) is 3.86. The molecule has 0 aliphatic rings. The molecule has 0 fully saturated rings. The lowest BCUT2D eigenvalue weighted by molar-refractivity contribution is 0.0589. The van der Waals surface area contributed by atoms with E-state index in [1.165, 1.54) is 5.56 Å². The Hall–Kier alpha value is -0.870. The Bertz CT molecular complexity index is 401. The smallest absolute Gasteiger partial charge is 0.254 e. The largest absolute Gasteiger partial charge is 0.383 e. The van der Waals surface area contributed by atoms with Crippen molar-refractivity contribution < 1.29 is 9.53 Å². The monoisotopic (exact) mass is 341 g/mol. The molecule has 112 valence electrons. The average molecular weight is 342 g/mol. The van der Waals surface area contributed by atoms with Gasteiger partial charge in [-0.05, 0) is 30.5 Å². The first-order valence-electron chi connectivity index (χ1n) is 7.12. The van der Waals surface area contributed by atoms with Crippen molar-refractivity contribution in [3.8, 4) is 0 Å². The molecule has 0 atom stereocenters. The number of carbonyl (C=O) groups is 1. The molecule has 4 heteroatoms. The minimum absolute atomic E-state index is 0.0943. The van der Waals surface area contributed by atoms with Crippen LogP contribution in [-0.4, -0.2) is 37.1 Å². The van der Waals surface area contributed by atoms with Crippen LogP contribution in [0.5, 0.6) is 0 Å². The molecule has 0 unspecified atom stereocenters. The molecule has 20 heavy (non-hydrogen) atoms. The fourth-order valence-corrected chi connectivity index (χ4v) is 2.65. The number of alkyl halides is 1. The van der Waals surface area contributed by atoms with Crippen LogP contribution < -0.4 is 0 Å². The lowest BCUT2D eigenvalue weighted by Gasteiger charge is -2.30. The highest BCUT2D eigenvalue weighted by molar-refractivity contribution is 9.08. The van der Waals surface area contributed by atoms with Crippen LogP contribution in [0.15, 0.2) is 24.3 Å². The molecule has 0 N–H and O–H groups in total. The zero-order valence-corrected chi connectivity index (χ0v) is 14.1. The van der Waals surface area contributed by atoms with Crippen molar-refractivity contribution in [2.45, 2.75) is 38.1 Å². The summed E-state index contributed by atoms with van der Waals surface area (Å²) in [6.45, 7) is 5.45. The minimum atomic E-state index is 0.0943. The molecule has 0 radical (unpaired) electrons. The van der Waals surface area contributed by atoms with Gasteiger partial charge in [-0.25, -0.2) is 0 Å². The van der Waals surface area contributed by atoms with Gasteiger partial charge < -0.3 is 9.64 Å². The average Bonchev–Trinajstić information content (AvgIpc) is 2.51. The van der Waals surface area contributed by atoms with Crippen LogP contribution in [0.4, 0.5) is 0 Å². The number of carbonyl (C=O) groups excluding carboxylic acids is 1. The second-order valence-electron chi connectivity index (χ2n) is 4.79. The summed E-state index contributed by atoms with van der Waals surface area (Å²) in [5.74, 6) is 0.0943. The van der Waals surface area contributed by atoms with Crippen molar-refractivity contribution in [2.24, 2.45) is 0 Å². The molecule has 0 spiro atoms. The topological polar surface area (TPSA) is 29.5 Å². The molecule has 0 aliphatic heterocycles. The number of amides is 1. The van der Waals surface area contributed by atoms with Crippen LogP contribution in [0.2, 0.25) is 0 Å². The van der Waals surface area contributed by atoms with E-state index in [1.54, 1.807) is 7.11 Å². The van der Waals surface area contributed by atoms with Crippen molar-refractivity contribution in [1.29, 1.82) is 0 Å². The first-order chi connectivity index (χ1) is 9.67. The Morgan fingerprint density at radius 3 is 2.30 bits per heavy atom. The van der Waals surface area contributed by atoms with Gasteiger partial charge >= 0.3 is 0 Å². The Morgan fingerprint density at radius 2 is 1.85 bits per heavy atom. The van der Waals surface area contributed by atoms with Crippen LogP contribution >= 0.6 is 15.9 Å². The molecule has 1 rings (SSSR count). The van der Waals surface area contributed by atoms with Crippen molar-refractivity contribution in [1.82, 2.24) is 4.90 Å². The van der Waals surface area contributed by atoms with Crippen LogP contribution in [0.1, 0.15) is 42.6 Å². The van der Waals surface area contributed by atoms with Crippen LogP contribution in [0.3, 0.4) is 0 Å². The van der Waals surface area contributed by atoms with Gasteiger partial charge in [0, 0.05) is 30.6 Å². The number of methoxy groups -OCH3 is 1. The quantitative estimate of drug-likeness (QED) is 0.672. The second-order valence-corrected chi connectivity index (χ2v) is 5.35. The van der Waals surface area contributed by atoms with Crippen molar-refractivity contribution >= 4 is 21.8 Å². The lowest BCUT2D eigenvalue weighted by Crippen LogP contribution is -2.41. The molecule has 1 aromatic carbocycles. The summed E-state index contributed by atoms with van der Waals surface area (Å²) in [6.07, 6.45) is 1.93. The van der Waals surface area contributed by atoms with E-state index in [1.807, 2.05) is 29.2 Å². The van der Waals surface area contributed by atoms with Crippen molar-refractivity contribution in [2.75, 3.05) is 20.3 Å². The van der Waals surface area contributed by atoms with Gasteiger partial charge in [-0.2, -0.15) is 0 Å². The Kier molecular flexibility index (Phi) is 7.85. The van der Waals surface area contributed by atoms with Crippen molar-refractivity contribution in [3.05, 3.63) is 35.4 Å². The van der Waals surface area contributed by atoms with E-state index in [4.69, 9.17) is 4.74 Å². The van der Waals surface area contributed by atoms with E-state index < -0.39 is 0 Å². The molecule has 1 amide bonds. The van der Waals surface area contributed by atoms with Crippen LogP contribution in [-0.2, 0) is 10.1 Å². The van der Waals surface area contributed by atoms with Crippen LogP contribution in [0, 0.1) is 0 Å². The SMILES string of the molecule is CCC(CC)N(CCOC)C(=O)c1ccc(CBr)cc1. The highest BCUT2D eigenvalue weighted by Crippen LogP contribution is 2.15. The number of hydrogen-bond donors (Lipinski definition) is 0. The van der Waals surface area contributed by atoms with Gasteiger partial charge in [0.2, 0.25) is 0 Å². The highest BCUT2D eigenvalue weighted by atomic mass is 79.9. The summed E-state index contributed by atoms with van der Waals surface area (Å²) in [6, 6.07) is 8.06. The third-order valence-electron chi connectivity index (χ3n) is 3.54. The number of halogens is 1. The third-order valence-corrected chi connectivity index (χ3v) is 4.18. The predicted molar refractivity (Wildman–Crippen MR) is 86.4 cm³/mol. The zero-order chi connectivity index (χ0) is 15.0. The standard InChI is InChI=1S/C16H24BrNO2/c1-4-15(5-2)18(10-11-20-3)16(19)14-8-6-13(12-17)7-9-14/h6-9,15H,4-5,10-12H2,1-3H3. The fourth-order valence-electron chi connectivity index (χ4n) is 2.27. The summed E-state index contributed by atoms with van der Waals surface area (Å²) in [7, 11) is 1.67. The molecular formula is C16H24BrNO2. The van der Waals surface area contributed by atoms with Gasteiger partial charge in [0.25, 0.3) is 5.91 Å². The molecular weight excluding hydrogens is 318 g/mol. The summed E-state index contributed by atoms with van der Waals surface area (Å²) in [5.41, 5.74) is 1.92. The van der Waals surface area contributed by atoms with E-state index in [-0.39, 0.29) is 11.9 Å². The number of benzene rings is 1.